The summed E-state index contributed by atoms with van der Waals surface area (Å²) in [6.07, 6.45) is -0.183. The number of aliphatic hydroxyl groups is 1. The Bertz CT molecular complexity index is 120. The van der Waals surface area contributed by atoms with Crippen LogP contribution >= 0.6 is 0 Å². The van der Waals surface area contributed by atoms with Gasteiger partial charge in [-0.2, -0.15) is 0 Å². The van der Waals surface area contributed by atoms with Crippen LogP contribution in [0.25, 0.3) is 0 Å². The maximum absolute atomic E-state index is 8.66. The molecule has 1 saturated heterocycles. The molecule has 0 radical (unpaired) electrons. The van der Waals surface area contributed by atoms with Crippen molar-refractivity contribution in [3.8, 4) is 0 Å². The first-order valence-corrected chi connectivity index (χ1v) is 3.32. The largest absolute Gasteiger partial charge is 0.394 e. The number of aliphatic hydroxyl groups excluding tert-OH is 1. The van der Waals surface area contributed by atoms with E-state index in [4.69, 9.17) is 14.6 Å². The molecule has 0 aromatic heterocycles. The molecule has 10 heavy (non-hydrogen) atoms. The molecule has 2 N–H and O–H groups in total. The Kier molecular flexibility index (Phi) is 2.25. The summed E-state index contributed by atoms with van der Waals surface area (Å²) < 4.78 is 10.5. The quantitative estimate of drug-likeness (QED) is 0.541. The van der Waals surface area contributed by atoms with Crippen molar-refractivity contribution in [3.63, 3.8) is 0 Å². The third kappa shape index (κ3) is 1.46. The minimum atomic E-state index is -0.701. The van der Waals surface area contributed by atoms with Crippen molar-refractivity contribution < 1.29 is 14.6 Å². The lowest BCUT2D eigenvalue weighted by atomic mass is 10.4. The van der Waals surface area contributed by atoms with Crippen LogP contribution < -0.4 is 5.32 Å². The van der Waals surface area contributed by atoms with E-state index < -0.39 is 5.91 Å². The minimum absolute atomic E-state index is 0.0112. The lowest BCUT2D eigenvalue weighted by Crippen LogP contribution is -2.41. The molecule has 1 heterocycles. The average Bonchev–Trinajstić information content (AvgIpc) is 2.33. The van der Waals surface area contributed by atoms with E-state index in [0.717, 1.165) is 0 Å². The molecule has 1 fully saturated rings. The van der Waals surface area contributed by atoms with Crippen LogP contribution in [0.4, 0.5) is 0 Å². The Morgan fingerprint density at radius 3 is 2.80 bits per heavy atom. The maximum atomic E-state index is 8.66. The molecule has 0 bridgehead atoms. The van der Waals surface area contributed by atoms with Crippen molar-refractivity contribution >= 4 is 0 Å². The number of ether oxygens (including phenoxy) is 2. The second-order valence-corrected chi connectivity index (χ2v) is 2.43. The normalized spacial score (nSPS) is 40.5. The molecular formula is C6H13NO3. The first-order valence-electron chi connectivity index (χ1n) is 3.32. The van der Waals surface area contributed by atoms with Gasteiger partial charge in [0.25, 0.3) is 0 Å². The molecule has 4 nitrogen and oxygen atoms in total. The molecular weight excluding hydrogens is 134 g/mol. The summed E-state index contributed by atoms with van der Waals surface area (Å²) >= 11 is 0. The number of hydrogen-bond donors (Lipinski definition) is 2. The molecule has 0 amide bonds. The number of hydrogen-bond acceptors (Lipinski definition) is 4. The molecule has 2 unspecified atom stereocenters. The zero-order chi connectivity index (χ0) is 7.61. The second kappa shape index (κ2) is 2.84. The SMILES string of the molecule is CNC1(C)OCC(CO)O1. The molecule has 60 valence electrons. The highest BCUT2D eigenvalue weighted by Crippen LogP contribution is 2.18. The van der Waals surface area contributed by atoms with Crippen molar-refractivity contribution in [2.45, 2.75) is 18.9 Å². The molecule has 4 heteroatoms. The second-order valence-electron chi connectivity index (χ2n) is 2.43. The molecule has 1 aliphatic heterocycles. The van der Waals surface area contributed by atoms with Gasteiger partial charge < -0.3 is 14.6 Å². The third-order valence-corrected chi connectivity index (χ3v) is 1.59. The maximum Gasteiger partial charge on any atom is 0.224 e. The van der Waals surface area contributed by atoms with Gasteiger partial charge in [0.2, 0.25) is 5.91 Å². The fourth-order valence-corrected chi connectivity index (χ4v) is 0.859. The van der Waals surface area contributed by atoms with Gasteiger partial charge in [-0.25, -0.2) is 0 Å². The van der Waals surface area contributed by atoms with Crippen LogP contribution in [0.1, 0.15) is 6.92 Å². The zero-order valence-electron chi connectivity index (χ0n) is 6.26. The standard InChI is InChI=1S/C6H13NO3/c1-6(7-2)9-4-5(3-8)10-6/h5,7-8H,3-4H2,1-2H3. The lowest BCUT2D eigenvalue weighted by molar-refractivity contribution is -0.175. The van der Waals surface area contributed by atoms with Gasteiger partial charge in [0.15, 0.2) is 0 Å². The van der Waals surface area contributed by atoms with Crippen LogP contribution in [0, 0.1) is 0 Å². The van der Waals surface area contributed by atoms with E-state index >= 15 is 0 Å². The predicted molar refractivity (Wildman–Crippen MR) is 35.4 cm³/mol. The molecule has 0 saturated carbocycles. The van der Waals surface area contributed by atoms with Gasteiger partial charge in [-0.15, -0.1) is 0 Å². The topological polar surface area (TPSA) is 50.7 Å². The summed E-state index contributed by atoms with van der Waals surface area (Å²) in [5, 5.41) is 11.5. The Hall–Kier alpha value is -0.160. The molecule has 0 aromatic rings. The third-order valence-electron chi connectivity index (χ3n) is 1.59. The molecule has 2 atom stereocenters. The van der Waals surface area contributed by atoms with Crippen LogP contribution in [0.5, 0.6) is 0 Å². The summed E-state index contributed by atoms with van der Waals surface area (Å²) in [6, 6.07) is 0. The van der Waals surface area contributed by atoms with Gasteiger partial charge in [-0.05, 0) is 7.05 Å². The summed E-state index contributed by atoms with van der Waals surface area (Å²) in [5.74, 6) is -0.701. The molecule has 0 spiro atoms. The van der Waals surface area contributed by atoms with E-state index in [9.17, 15) is 0 Å². The fraction of sp³-hybridized carbons (Fsp3) is 1.00. The molecule has 0 aromatic carbocycles. The van der Waals surface area contributed by atoms with E-state index in [2.05, 4.69) is 5.32 Å². The van der Waals surface area contributed by atoms with Crippen LogP contribution in [-0.4, -0.2) is 37.4 Å². The first-order chi connectivity index (χ1) is 4.70. The highest BCUT2D eigenvalue weighted by Gasteiger charge is 2.35. The van der Waals surface area contributed by atoms with Gasteiger partial charge in [0, 0.05) is 6.92 Å². The van der Waals surface area contributed by atoms with Crippen LogP contribution in [-0.2, 0) is 9.47 Å². The van der Waals surface area contributed by atoms with Crippen LogP contribution in [0.15, 0.2) is 0 Å². The Morgan fingerprint density at radius 2 is 2.50 bits per heavy atom. The number of rotatable bonds is 2. The van der Waals surface area contributed by atoms with E-state index in [0.29, 0.717) is 6.61 Å². The van der Waals surface area contributed by atoms with Crippen molar-refractivity contribution in [3.05, 3.63) is 0 Å². The van der Waals surface area contributed by atoms with E-state index in [1.807, 2.05) is 0 Å². The summed E-state index contributed by atoms with van der Waals surface area (Å²) in [5.41, 5.74) is 0. The molecule has 1 aliphatic rings. The van der Waals surface area contributed by atoms with Crippen molar-refractivity contribution in [2.24, 2.45) is 0 Å². The Balaban J connectivity index is 2.41. The van der Waals surface area contributed by atoms with E-state index in [-0.39, 0.29) is 12.7 Å². The summed E-state index contributed by atoms with van der Waals surface area (Å²) in [4.78, 5) is 0. The highest BCUT2D eigenvalue weighted by atomic mass is 16.8. The average molecular weight is 147 g/mol. The van der Waals surface area contributed by atoms with Crippen molar-refractivity contribution in [2.75, 3.05) is 20.3 Å². The lowest BCUT2D eigenvalue weighted by Gasteiger charge is -2.21. The first kappa shape index (κ1) is 7.94. The van der Waals surface area contributed by atoms with Crippen LogP contribution in [0.2, 0.25) is 0 Å². The van der Waals surface area contributed by atoms with Gasteiger partial charge in [0.05, 0.1) is 13.2 Å². The predicted octanol–water partition coefficient (Wildman–Crippen LogP) is -0.713. The molecule has 1 rings (SSSR count). The van der Waals surface area contributed by atoms with Gasteiger partial charge in [-0.3, -0.25) is 5.32 Å². The van der Waals surface area contributed by atoms with Crippen molar-refractivity contribution in [1.82, 2.24) is 5.32 Å². The summed E-state index contributed by atoms with van der Waals surface area (Å²) in [6.45, 7) is 2.24. The van der Waals surface area contributed by atoms with Gasteiger partial charge in [-0.1, -0.05) is 0 Å². The highest BCUT2D eigenvalue weighted by molar-refractivity contribution is 4.70. The molecule has 0 aliphatic carbocycles. The smallest absolute Gasteiger partial charge is 0.224 e. The number of nitrogens with one attached hydrogen (secondary N) is 1. The summed E-state index contributed by atoms with van der Waals surface area (Å²) in [7, 11) is 1.75. The van der Waals surface area contributed by atoms with E-state index in [1.165, 1.54) is 0 Å². The van der Waals surface area contributed by atoms with Crippen LogP contribution in [0.3, 0.4) is 0 Å². The Morgan fingerprint density at radius 1 is 1.80 bits per heavy atom. The zero-order valence-corrected chi connectivity index (χ0v) is 6.26. The van der Waals surface area contributed by atoms with Crippen molar-refractivity contribution in [1.29, 1.82) is 0 Å². The minimum Gasteiger partial charge on any atom is -0.394 e. The van der Waals surface area contributed by atoms with Gasteiger partial charge in [0.1, 0.15) is 6.10 Å². The van der Waals surface area contributed by atoms with Gasteiger partial charge >= 0.3 is 0 Å². The van der Waals surface area contributed by atoms with E-state index in [1.54, 1.807) is 14.0 Å². The fourth-order valence-electron chi connectivity index (χ4n) is 0.859. The Labute approximate surface area is 60.1 Å². The monoisotopic (exact) mass is 147 g/mol.